The van der Waals surface area contributed by atoms with Crippen molar-refractivity contribution in [1.29, 1.82) is 0 Å². The summed E-state index contributed by atoms with van der Waals surface area (Å²) in [5, 5.41) is 0. The van der Waals surface area contributed by atoms with Crippen LogP contribution in [0.2, 0.25) is 0 Å². The molecule has 2 aliphatic rings. The molecule has 2 aromatic carbocycles. The first-order valence-corrected chi connectivity index (χ1v) is 13.5. The Hall–Kier alpha value is -3.28. The topological polar surface area (TPSA) is 71.1 Å². The lowest BCUT2D eigenvalue weighted by molar-refractivity contribution is -0.162. The second-order valence-electron chi connectivity index (χ2n) is 11.0. The molecular formula is C32H40O6. The highest BCUT2D eigenvalue weighted by Gasteiger charge is 2.50. The van der Waals surface area contributed by atoms with Gasteiger partial charge in [0, 0.05) is 23.6 Å². The molecule has 1 saturated carbocycles. The van der Waals surface area contributed by atoms with Crippen LogP contribution in [0.3, 0.4) is 0 Å². The smallest absolute Gasteiger partial charge is 0.318 e. The summed E-state index contributed by atoms with van der Waals surface area (Å²) in [6, 6.07) is 13.3. The summed E-state index contributed by atoms with van der Waals surface area (Å²) in [5.74, 6) is 0.312. The van der Waals surface area contributed by atoms with Crippen LogP contribution >= 0.6 is 0 Å². The van der Waals surface area contributed by atoms with Crippen LogP contribution in [0.25, 0.3) is 5.57 Å². The molecule has 2 aliphatic carbocycles. The van der Waals surface area contributed by atoms with Gasteiger partial charge in [-0.1, -0.05) is 57.5 Å². The number of carbonyl (C=O) groups is 2. The number of hydrogen-bond acceptors (Lipinski definition) is 6. The van der Waals surface area contributed by atoms with Crippen molar-refractivity contribution in [3.63, 3.8) is 0 Å². The maximum absolute atomic E-state index is 14.1. The van der Waals surface area contributed by atoms with Crippen LogP contribution in [0.15, 0.2) is 48.0 Å². The van der Waals surface area contributed by atoms with Gasteiger partial charge in [-0.2, -0.15) is 0 Å². The summed E-state index contributed by atoms with van der Waals surface area (Å²) in [5.41, 5.74) is 2.86. The zero-order valence-electron chi connectivity index (χ0n) is 23.6. The van der Waals surface area contributed by atoms with Crippen LogP contribution in [0, 0.1) is 23.7 Å². The van der Waals surface area contributed by atoms with E-state index in [0.29, 0.717) is 40.2 Å². The highest BCUT2D eigenvalue weighted by atomic mass is 16.5. The van der Waals surface area contributed by atoms with E-state index in [1.54, 1.807) is 40.4 Å². The lowest BCUT2D eigenvalue weighted by Gasteiger charge is -2.37. The van der Waals surface area contributed by atoms with Gasteiger partial charge in [-0.25, -0.2) is 0 Å². The zero-order valence-corrected chi connectivity index (χ0v) is 23.6. The summed E-state index contributed by atoms with van der Waals surface area (Å²) in [6.07, 6.45) is 2.75. The third-order valence-corrected chi connectivity index (χ3v) is 8.33. The first kappa shape index (κ1) is 27.7. The monoisotopic (exact) mass is 520 g/mol. The third kappa shape index (κ3) is 5.18. The van der Waals surface area contributed by atoms with Crippen LogP contribution in [-0.2, 0) is 14.3 Å². The Morgan fingerprint density at radius 3 is 2.13 bits per heavy atom. The zero-order chi connectivity index (χ0) is 27.6. The van der Waals surface area contributed by atoms with Crippen LogP contribution in [0.5, 0.6) is 17.2 Å². The predicted octanol–water partition coefficient (Wildman–Crippen LogP) is 6.47. The van der Waals surface area contributed by atoms with E-state index in [2.05, 4.69) is 20.8 Å². The lowest BCUT2D eigenvalue weighted by Crippen LogP contribution is -2.39. The Balaban J connectivity index is 1.84. The minimum atomic E-state index is -1.04. The molecule has 4 rings (SSSR count). The molecule has 0 radical (unpaired) electrons. The summed E-state index contributed by atoms with van der Waals surface area (Å²) in [7, 11) is 4.71. The second-order valence-corrected chi connectivity index (χ2v) is 11.0. The number of ketones is 1. The normalized spacial score (nSPS) is 25.5. The fraction of sp³-hybridized carbons (Fsp3) is 0.500. The number of esters is 1. The molecule has 0 amide bonds. The molecule has 38 heavy (non-hydrogen) atoms. The van der Waals surface area contributed by atoms with Crippen LogP contribution in [-0.4, -0.2) is 39.2 Å². The number of benzene rings is 2. The Morgan fingerprint density at radius 2 is 1.58 bits per heavy atom. The standard InChI is InChI=1S/C32H40O6/c1-18(2)23-14-13-19(3)15-24(23)38-32(34)30-29(27(20(4)31(30)33)21-11-9-8-10-12-21)28-25(36-6)16-22(35-5)17-26(28)37-7/h8-12,16-19,23-24,29-30H,13-15H2,1-7H3/t19-,23+,24-,29+,30+/m0/s1. The number of ether oxygens (including phenoxy) is 4. The maximum atomic E-state index is 14.1. The van der Waals surface area contributed by atoms with Crippen molar-refractivity contribution in [2.75, 3.05) is 21.3 Å². The number of rotatable bonds is 8. The van der Waals surface area contributed by atoms with Crippen molar-refractivity contribution < 1.29 is 28.5 Å². The van der Waals surface area contributed by atoms with E-state index >= 15 is 0 Å². The van der Waals surface area contributed by atoms with E-state index in [-0.39, 0.29) is 17.8 Å². The molecule has 204 valence electrons. The quantitative estimate of drug-likeness (QED) is 0.293. The van der Waals surface area contributed by atoms with Gasteiger partial charge in [0.05, 0.1) is 21.3 Å². The molecule has 0 spiro atoms. The summed E-state index contributed by atoms with van der Waals surface area (Å²) in [4.78, 5) is 27.9. The van der Waals surface area contributed by atoms with Crippen molar-refractivity contribution in [2.45, 2.75) is 59.0 Å². The molecule has 0 aliphatic heterocycles. The Morgan fingerprint density at radius 1 is 0.947 bits per heavy atom. The highest BCUT2D eigenvalue weighted by molar-refractivity contribution is 6.18. The van der Waals surface area contributed by atoms with Gasteiger partial charge in [0.15, 0.2) is 5.78 Å². The van der Waals surface area contributed by atoms with E-state index in [0.717, 1.165) is 30.4 Å². The highest BCUT2D eigenvalue weighted by Crippen LogP contribution is 2.53. The van der Waals surface area contributed by atoms with E-state index in [4.69, 9.17) is 18.9 Å². The van der Waals surface area contributed by atoms with Crippen molar-refractivity contribution in [3.8, 4) is 17.2 Å². The van der Waals surface area contributed by atoms with Crippen LogP contribution in [0.4, 0.5) is 0 Å². The molecule has 6 nitrogen and oxygen atoms in total. The van der Waals surface area contributed by atoms with E-state index in [1.165, 1.54) is 0 Å². The Kier molecular flexibility index (Phi) is 8.49. The van der Waals surface area contributed by atoms with Gasteiger partial charge in [-0.3, -0.25) is 9.59 Å². The first-order valence-electron chi connectivity index (χ1n) is 13.5. The molecule has 0 unspecified atom stereocenters. The molecule has 6 heteroatoms. The molecule has 1 fully saturated rings. The van der Waals surface area contributed by atoms with Gasteiger partial charge in [-0.05, 0) is 54.2 Å². The minimum absolute atomic E-state index is 0.208. The fourth-order valence-corrected chi connectivity index (χ4v) is 6.30. The van der Waals surface area contributed by atoms with Gasteiger partial charge in [-0.15, -0.1) is 0 Å². The third-order valence-electron chi connectivity index (χ3n) is 8.33. The van der Waals surface area contributed by atoms with Crippen LogP contribution in [0.1, 0.15) is 64.0 Å². The van der Waals surface area contributed by atoms with Crippen molar-refractivity contribution in [3.05, 3.63) is 59.2 Å². The average molecular weight is 521 g/mol. The van der Waals surface area contributed by atoms with Gasteiger partial charge in [0.1, 0.15) is 29.3 Å². The molecule has 0 bridgehead atoms. The molecule has 5 atom stereocenters. The van der Waals surface area contributed by atoms with Gasteiger partial charge in [0.2, 0.25) is 0 Å². The molecule has 2 aromatic rings. The molecule has 0 heterocycles. The number of carbonyl (C=O) groups excluding carboxylic acids is 2. The van der Waals surface area contributed by atoms with E-state index in [9.17, 15) is 9.59 Å². The number of Topliss-reactive ketones (excluding diaryl/α,β-unsaturated/α-hetero) is 1. The van der Waals surface area contributed by atoms with Crippen molar-refractivity contribution in [1.82, 2.24) is 0 Å². The molecule has 0 N–H and O–H groups in total. The van der Waals surface area contributed by atoms with Crippen LogP contribution < -0.4 is 14.2 Å². The van der Waals surface area contributed by atoms with Crippen molar-refractivity contribution >= 4 is 17.3 Å². The largest absolute Gasteiger partial charge is 0.496 e. The SMILES string of the molecule is COc1cc(OC)c([C@H]2C(c3ccccc3)=C(C)C(=O)[C@@H]2C(=O)O[C@H]2C[C@@H](C)CC[C@@H]2C(C)C)c(OC)c1. The Labute approximate surface area is 226 Å². The predicted molar refractivity (Wildman–Crippen MR) is 148 cm³/mol. The Bertz CT molecular complexity index is 1170. The second kappa shape index (κ2) is 11.6. The number of methoxy groups -OCH3 is 3. The average Bonchev–Trinajstić information content (AvgIpc) is 3.17. The molecule has 0 aromatic heterocycles. The van der Waals surface area contributed by atoms with Gasteiger partial charge in [0.25, 0.3) is 0 Å². The molecular weight excluding hydrogens is 480 g/mol. The van der Waals surface area contributed by atoms with E-state index < -0.39 is 17.8 Å². The summed E-state index contributed by atoms with van der Waals surface area (Å²) in [6.45, 7) is 8.36. The molecule has 0 saturated heterocycles. The number of allylic oxidation sites excluding steroid dienone is 2. The summed E-state index contributed by atoms with van der Waals surface area (Å²) < 4.78 is 23.3. The minimum Gasteiger partial charge on any atom is -0.496 e. The van der Waals surface area contributed by atoms with E-state index in [1.807, 2.05) is 30.3 Å². The number of hydrogen-bond donors (Lipinski definition) is 0. The lowest BCUT2D eigenvalue weighted by atomic mass is 9.75. The summed E-state index contributed by atoms with van der Waals surface area (Å²) >= 11 is 0. The maximum Gasteiger partial charge on any atom is 0.318 e. The fourth-order valence-electron chi connectivity index (χ4n) is 6.30. The van der Waals surface area contributed by atoms with Crippen molar-refractivity contribution in [2.24, 2.45) is 23.7 Å². The van der Waals surface area contributed by atoms with Gasteiger partial charge < -0.3 is 18.9 Å². The first-order chi connectivity index (χ1) is 18.2. The van der Waals surface area contributed by atoms with Gasteiger partial charge >= 0.3 is 5.97 Å².